The predicted octanol–water partition coefficient (Wildman–Crippen LogP) is 3.79. The Kier molecular flexibility index (Phi) is 4.90. The third-order valence-electron chi connectivity index (χ3n) is 3.97. The smallest absolute Gasteiger partial charge is 0.279 e. The zero-order valence-corrected chi connectivity index (χ0v) is 15.5. The Morgan fingerprint density at radius 3 is 2.52 bits per heavy atom. The summed E-state index contributed by atoms with van der Waals surface area (Å²) in [5.74, 6) is 1.08. The van der Waals surface area contributed by atoms with Crippen molar-refractivity contribution >= 4 is 27.5 Å². The summed E-state index contributed by atoms with van der Waals surface area (Å²) in [6.45, 7) is 4.69. The van der Waals surface area contributed by atoms with Crippen molar-refractivity contribution in [1.29, 1.82) is 0 Å². The Morgan fingerprint density at radius 2 is 1.88 bits per heavy atom. The Labute approximate surface area is 150 Å². The lowest BCUT2D eigenvalue weighted by molar-refractivity contribution is 0.0998. The van der Waals surface area contributed by atoms with E-state index in [1.54, 1.807) is 20.3 Å². The van der Waals surface area contributed by atoms with Crippen molar-refractivity contribution in [1.82, 2.24) is 4.57 Å². The number of aryl methyl sites for hydroxylation is 2. The van der Waals surface area contributed by atoms with Crippen LogP contribution in [-0.2, 0) is 6.54 Å². The highest BCUT2D eigenvalue weighted by atomic mass is 32.1. The van der Waals surface area contributed by atoms with Crippen molar-refractivity contribution in [2.24, 2.45) is 4.99 Å². The zero-order valence-electron chi connectivity index (χ0n) is 14.7. The molecule has 0 atom stereocenters. The first kappa shape index (κ1) is 17.2. The van der Waals surface area contributed by atoms with Crippen LogP contribution in [0.2, 0.25) is 0 Å². The van der Waals surface area contributed by atoms with Gasteiger partial charge in [0, 0.05) is 24.2 Å². The first-order chi connectivity index (χ1) is 12.1. The lowest BCUT2D eigenvalue weighted by Gasteiger charge is -2.08. The minimum absolute atomic E-state index is 0.239. The molecule has 0 aliphatic carbocycles. The lowest BCUT2D eigenvalue weighted by atomic mass is 10.1. The summed E-state index contributed by atoms with van der Waals surface area (Å²) >= 11 is 1.46. The quantitative estimate of drug-likeness (QED) is 0.715. The van der Waals surface area contributed by atoms with Crippen LogP contribution in [0.25, 0.3) is 10.2 Å². The van der Waals surface area contributed by atoms with Crippen LogP contribution >= 0.6 is 11.3 Å². The fourth-order valence-corrected chi connectivity index (χ4v) is 3.82. The van der Waals surface area contributed by atoms with Crippen LogP contribution in [0.3, 0.4) is 0 Å². The van der Waals surface area contributed by atoms with E-state index in [9.17, 15) is 4.79 Å². The summed E-state index contributed by atoms with van der Waals surface area (Å²) in [5.41, 5.74) is 2.60. The number of carbonyl (C=O) groups excluding carboxylic acids is 1. The largest absolute Gasteiger partial charge is 0.493 e. The molecule has 0 radical (unpaired) electrons. The van der Waals surface area contributed by atoms with Crippen LogP contribution < -0.4 is 14.3 Å². The maximum absolute atomic E-state index is 12.5. The van der Waals surface area contributed by atoms with E-state index in [1.807, 2.05) is 48.7 Å². The molecule has 0 unspecified atom stereocenters. The van der Waals surface area contributed by atoms with Gasteiger partial charge in [0.05, 0.1) is 24.4 Å². The third-order valence-corrected chi connectivity index (χ3v) is 5.01. The van der Waals surface area contributed by atoms with Gasteiger partial charge in [0.25, 0.3) is 5.91 Å². The minimum atomic E-state index is -0.239. The van der Waals surface area contributed by atoms with Crippen molar-refractivity contribution in [2.45, 2.75) is 20.4 Å². The van der Waals surface area contributed by atoms with Gasteiger partial charge in [-0.3, -0.25) is 4.79 Å². The number of rotatable bonds is 4. The van der Waals surface area contributed by atoms with Gasteiger partial charge >= 0.3 is 0 Å². The molecule has 0 saturated heterocycles. The van der Waals surface area contributed by atoms with Gasteiger partial charge < -0.3 is 14.0 Å². The molecular formula is C19H20N2O3S. The van der Waals surface area contributed by atoms with Crippen LogP contribution in [0.4, 0.5) is 0 Å². The maximum atomic E-state index is 12.5. The van der Waals surface area contributed by atoms with Crippen molar-refractivity contribution in [2.75, 3.05) is 14.2 Å². The number of hydrogen-bond donors (Lipinski definition) is 0. The van der Waals surface area contributed by atoms with Crippen molar-refractivity contribution in [3.8, 4) is 11.5 Å². The number of ether oxygens (including phenoxy) is 2. The monoisotopic (exact) mass is 356 g/mol. The minimum Gasteiger partial charge on any atom is -0.493 e. The van der Waals surface area contributed by atoms with Crippen LogP contribution in [0.5, 0.6) is 11.5 Å². The number of carbonyl (C=O) groups is 1. The molecular weight excluding hydrogens is 336 g/mol. The van der Waals surface area contributed by atoms with Crippen LogP contribution in [0, 0.1) is 6.92 Å². The standard InChI is InChI=1S/C19H20N2O3S/c1-5-21-14-10-15(23-3)16(24-4)11-17(14)25-19(21)20-18(22)13-8-6-7-12(2)9-13/h6-11H,5H2,1-4H3. The fourth-order valence-electron chi connectivity index (χ4n) is 2.72. The molecule has 0 spiro atoms. The molecule has 0 N–H and O–H groups in total. The second-order valence-electron chi connectivity index (χ2n) is 5.59. The number of aromatic nitrogens is 1. The van der Waals surface area contributed by atoms with Gasteiger partial charge in [-0.15, -0.1) is 0 Å². The summed E-state index contributed by atoms with van der Waals surface area (Å²) in [7, 11) is 3.22. The SMILES string of the molecule is CCn1c(=NC(=O)c2cccc(C)c2)sc2cc(OC)c(OC)cc21. The first-order valence-electron chi connectivity index (χ1n) is 7.98. The Bertz CT molecular complexity index is 1000. The molecule has 2 aromatic carbocycles. The second kappa shape index (κ2) is 7.11. The van der Waals surface area contributed by atoms with E-state index >= 15 is 0 Å². The van der Waals surface area contributed by atoms with Crippen LogP contribution in [0.1, 0.15) is 22.8 Å². The normalized spacial score (nSPS) is 11.8. The van der Waals surface area contributed by atoms with Gasteiger partial charge in [-0.1, -0.05) is 29.0 Å². The summed E-state index contributed by atoms with van der Waals surface area (Å²) in [6, 6.07) is 11.3. The van der Waals surface area contributed by atoms with Crippen molar-refractivity contribution in [3.63, 3.8) is 0 Å². The number of fused-ring (bicyclic) bond motifs is 1. The summed E-state index contributed by atoms with van der Waals surface area (Å²) in [5, 5.41) is 0. The molecule has 3 aromatic rings. The Balaban J connectivity index is 2.17. The van der Waals surface area contributed by atoms with Gasteiger partial charge in [0.15, 0.2) is 16.3 Å². The molecule has 5 nitrogen and oxygen atoms in total. The molecule has 0 saturated carbocycles. The van der Waals surface area contributed by atoms with Gasteiger partial charge in [-0.05, 0) is 26.0 Å². The maximum Gasteiger partial charge on any atom is 0.279 e. The summed E-state index contributed by atoms with van der Waals surface area (Å²) in [4.78, 5) is 17.6. The van der Waals surface area contributed by atoms with Gasteiger partial charge in [-0.25, -0.2) is 0 Å². The first-order valence-corrected chi connectivity index (χ1v) is 8.80. The molecule has 0 bridgehead atoms. The van der Waals surface area contributed by atoms with E-state index in [1.165, 1.54) is 11.3 Å². The molecule has 0 aliphatic heterocycles. The molecule has 1 heterocycles. The molecule has 3 rings (SSSR count). The lowest BCUT2D eigenvalue weighted by Crippen LogP contribution is -2.16. The Hall–Kier alpha value is -2.60. The number of thiazole rings is 1. The molecule has 1 amide bonds. The van der Waals surface area contributed by atoms with Gasteiger partial charge in [-0.2, -0.15) is 4.99 Å². The number of amides is 1. The molecule has 25 heavy (non-hydrogen) atoms. The van der Waals surface area contributed by atoms with Crippen molar-refractivity contribution in [3.05, 3.63) is 52.3 Å². The Morgan fingerprint density at radius 1 is 1.16 bits per heavy atom. The molecule has 130 valence electrons. The molecule has 0 aliphatic rings. The number of benzene rings is 2. The van der Waals surface area contributed by atoms with Crippen LogP contribution in [0.15, 0.2) is 41.4 Å². The topological polar surface area (TPSA) is 52.8 Å². The summed E-state index contributed by atoms with van der Waals surface area (Å²) < 4.78 is 13.8. The highest BCUT2D eigenvalue weighted by Crippen LogP contribution is 2.33. The van der Waals surface area contributed by atoms with E-state index in [0.717, 1.165) is 15.8 Å². The van der Waals surface area contributed by atoms with E-state index in [4.69, 9.17) is 9.47 Å². The molecule has 6 heteroatoms. The van der Waals surface area contributed by atoms with E-state index < -0.39 is 0 Å². The van der Waals surface area contributed by atoms with Crippen LogP contribution in [-0.4, -0.2) is 24.7 Å². The zero-order chi connectivity index (χ0) is 18.0. The summed E-state index contributed by atoms with van der Waals surface area (Å²) in [6.07, 6.45) is 0. The highest BCUT2D eigenvalue weighted by molar-refractivity contribution is 7.16. The average molecular weight is 356 g/mol. The predicted molar refractivity (Wildman–Crippen MR) is 99.7 cm³/mol. The van der Waals surface area contributed by atoms with E-state index in [0.29, 0.717) is 28.4 Å². The van der Waals surface area contributed by atoms with E-state index in [2.05, 4.69) is 4.99 Å². The third kappa shape index (κ3) is 3.30. The average Bonchev–Trinajstić information content (AvgIpc) is 2.96. The number of nitrogens with zero attached hydrogens (tertiary/aromatic N) is 2. The van der Waals surface area contributed by atoms with E-state index in [-0.39, 0.29) is 5.91 Å². The number of methoxy groups -OCH3 is 2. The highest BCUT2D eigenvalue weighted by Gasteiger charge is 2.13. The molecule has 1 aromatic heterocycles. The molecule has 0 fully saturated rings. The van der Waals surface area contributed by atoms with Gasteiger partial charge in [0.1, 0.15) is 0 Å². The van der Waals surface area contributed by atoms with Crippen molar-refractivity contribution < 1.29 is 14.3 Å². The second-order valence-corrected chi connectivity index (χ2v) is 6.60. The van der Waals surface area contributed by atoms with Gasteiger partial charge in [0.2, 0.25) is 0 Å². The number of hydrogen-bond acceptors (Lipinski definition) is 4. The fraction of sp³-hybridized carbons (Fsp3) is 0.263.